The van der Waals surface area contributed by atoms with E-state index in [1.165, 1.54) is 11.1 Å². The molecule has 0 aromatic heterocycles. The summed E-state index contributed by atoms with van der Waals surface area (Å²) in [5.74, 6) is 0.284. The van der Waals surface area contributed by atoms with E-state index in [-0.39, 0.29) is 24.0 Å². The molecule has 0 fully saturated rings. The lowest BCUT2D eigenvalue weighted by atomic mass is 10.1. The van der Waals surface area contributed by atoms with E-state index in [1.807, 2.05) is 24.3 Å². The Bertz CT molecular complexity index is 716. The topological polar surface area (TPSA) is 79.5 Å². The maximum absolute atomic E-state index is 11.2. The van der Waals surface area contributed by atoms with Crippen LogP contribution in [-0.4, -0.2) is 18.9 Å². The van der Waals surface area contributed by atoms with Crippen LogP contribution in [0, 0.1) is 6.92 Å². The van der Waals surface area contributed by atoms with Crippen molar-refractivity contribution < 1.29 is 4.79 Å². The Morgan fingerprint density at radius 1 is 1.08 bits per heavy atom. The lowest BCUT2D eigenvalue weighted by Crippen LogP contribution is -2.36. The zero-order valence-electron chi connectivity index (χ0n) is 13.9. The van der Waals surface area contributed by atoms with Gasteiger partial charge in [0, 0.05) is 25.7 Å². The normalized spacial score (nSPS) is 10.7. The third-order valence-electron chi connectivity index (χ3n) is 3.60. The third-order valence-corrected chi connectivity index (χ3v) is 3.60. The van der Waals surface area contributed by atoms with Gasteiger partial charge in [0.05, 0.1) is 0 Å². The number of nitrogens with zero attached hydrogens (tertiary/aromatic N) is 1. The number of nitrogens with one attached hydrogen (secondary N) is 2. The predicted octanol–water partition coefficient (Wildman–Crippen LogP) is 2.58. The van der Waals surface area contributed by atoms with E-state index < -0.39 is 5.91 Å². The summed E-state index contributed by atoms with van der Waals surface area (Å²) in [5, 5.41) is 6.51. The fourth-order valence-electron chi connectivity index (χ4n) is 2.23. The summed E-state index contributed by atoms with van der Waals surface area (Å²) in [5.41, 5.74) is 9.24. The molecule has 5 nitrogen and oxygen atoms in total. The summed E-state index contributed by atoms with van der Waals surface area (Å²) in [6.07, 6.45) is 0. The summed E-state index contributed by atoms with van der Waals surface area (Å²) < 4.78 is 0. The summed E-state index contributed by atoms with van der Waals surface area (Å²) >= 11 is 0. The molecule has 0 unspecified atom stereocenters. The largest absolute Gasteiger partial charge is 0.366 e. The van der Waals surface area contributed by atoms with E-state index in [0.29, 0.717) is 24.6 Å². The highest BCUT2D eigenvalue weighted by Gasteiger charge is 2.03. The van der Waals surface area contributed by atoms with Crippen LogP contribution in [0.1, 0.15) is 27.0 Å². The number of amides is 1. The van der Waals surface area contributed by atoms with E-state index >= 15 is 0 Å². The first kappa shape index (κ1) is 20.0. The first-order valence-corrected chi connectivity index (χ1v) is 7.48. The first-order valence-electron chi connectivity index (χ1n) is 7.48. The quantitative estimate of drug-likeness (QED) is 0.382. The van der Waals surface area contributed by atoms with Gasteiger partial charge in [-0.3, -0.25) is 9.79 Å². The van der Waals surface area contributed by atoms with E-state index in [2.05, 4.69) is 34.7 Å². The third kappa shape index (κ3) is 5.84. The number of primary amides is 1. The van der Waals surface area contributed by atoms with Crippen LogP contribution in [0.15, 0.2) is 53.5 Å². The second kappa shape index (κ2) is 9.92. The predicted molar refractivity (Wildman–Crippen MR) is 109 cm³/mol. The van der Waals surface area contributed by atoms with Crippen molar-refractivity contribution in [2.75, 3.05) is 7.05 Å². The lowest BCUT2D eigenvalue weighted by Gasteiger charge is -2.13. The molecule has 0 saturated carbocycles. The van der Waals surface area contributed by atoms with Gasteiger partial charge < -0.3 is 16.4 Å². The minimum absolute atomic E-state index is 0. The smallest absolute Gasteiger partial charge is 0.248 e. The second-order valence-electron chi connectivity index (χ2n) is 5.27. The number of halogens is 1. The molecule has 2 aromatic carbocycles. The van der Waals surface area contributed by atoms with Crippen molar-refractivity contribution in [1.82, 2.24) is 10.6 Å². The molecule has 24 heavy (non-hydrogen) atoms. The molecule has 0 aliphatic carbocycles. The monoisotopic (exact) mass is 438 g/mol. The first-order chi connectivity index (χ1) is 11.1. The van der Waals surface area contributed by atoms with Crippen LogP contribution >= 0.6 is 24.0 Å². The number of nitrogens with two attached hydrogens (primary N) is 1. The minimum atomic E-state index is -0.422. The molecule has 6 heteroatoms. The Hall–Kier alpha value is -2.09. The number of guanidine groups is 1. The van der Waals surface area contributed by atoms with Crippen LogP contribution in [0.4, 0.5) is 0 Å². The molecule has 0 bridgehead atoms. The number of carbonyl (C=O) groups excluding carboxylic acids is 1. The standard InChI is InChI=1S/C18H22N4O.HI/c1-13-6-3-4-8-16(13)12-22-18(20-2)21-11-14-7-5-9-15(10-14)17(19)23;/h3-10H,11-12H2,1-2H3,(H2,19,23)(H2,20,21,22);1H. The van der Waals surface area contributed by atoms with Gasteiger partial charge in [-0.25, -0.2) is 0 Å². The molecule has 0 radical (unpaired) electrons. The molecule has 0 heterocycles. The van der Waals surface area contributed by atoms with Crippen LogP contribution < -0.4 is 16.4 Å². The highest BCUT2D eigenvalue weighted by Crippen LogP contribution is 2.06. The number of hydrogen-bond acceptors (Lipinski definition) is 2. The Kier molecular flexibility index (Phi) is 8.25. The molecular formula is C18H23IN4O. The average Bonchev–Trinajstić information content (AvgIpc) is 2.56. The van der Waals surface area contributed by atoms with Gasteiger partial charge in [0.1, 0.15) is 0 Å². The summed E-state index contributed by atoms with van der Waals surface area (Å²) in [6.45, 7) is 3.35. The number of rotatable bonds is 5. The Labute approximate surface area is 159 Å². The fraction of sp³-hybridized carbons (Fsp3) is 0.222. The van der Waals surface area contributed by atoms with Crippen LogP contribution in [0.3, 0.4) is 0 Å². The molecule has 0 aliphatic rings. The van der Waals surface area contributed by atoms with Gasteiger partial charge in [-0.1, -0.05) is 36.4 Å². The fourth-order valence-corrected chi connectivity index (χ4v) is 2.23. The van der Waals surface area contributed by atoms with Gasteiger partial charge in [-0.05, 0) is 35.7 Å². The van der Waals surface area contributed by atoms with Gasteiger partial charge in [-0.15, -0.1) is 24.0 Å². The Morgan fingerprint density at radius 2 is 1.79 bits per heavy atom. The van der Waals surface area contributed by atoms with Gasteiger partial charge in [0.2, 0.25) is 5.91 Å². The summed E-state index contributed by atoms with van der Waals surface area (Å²) in [6, 6.07) is 15.5. The van der Waals surface area contributed by atoms with E-state index in [0.717, 1.165) is 5.56 Å². The molecule has 0 spiro atoms. The number of carbonyl (C=O) groups is 1. The Balaban J connectivity index is 0.00000288. The molecule has 128 valence electrons. The molecule has 0 atom stereocenters. The van der Waals surface area contributed by atoms with Crippen LogP contribution in [0.25, 0.3) is 0 Å². The minimum Gasteiger partial charge on any atom is -0.366 e. The number of benzene rings is 2. The van der Waals surface area contributed by atoms with E-state index in [4.69, 9.17) is 5.73 Å². The molecule has 2 aromatic rings. The van der Waals surface area contributed by atoms with Crippen molar-refractivity contribution in [3.8, 4) is 0 Å². The van der Waals surface area contributed by atoms with Gasteiger partial charge in [-0.2, -0.15) is 0 Å². The summed E-state index contributed by atoms with van der Waals surface area (Å²) in [4.78, 5) is 15.4. The van der Waals surface area contributed by atoms with Crippen molar-refractivity contribution in [3.05, 3.63) is 70.8 Å². The summed E-state index contributed by atoms with van der Waals surface area (Å²) in [7, 11) is 1.73. The van der Waals surface area contributed by atoms with Gasteiger partial charge in [0.15, 0.2) is 5.96 Å². The molecule has 0 aliphatic heterocycles. The van der Waals surface area contributed by atoms with Crippen LogP contribution in [0.5, 0.6) is 0 Å². The average molecular weight is 438 g/mol. The van der Waals surface area contributed by atoms with Crippen molar-refractivity contribution in [3.63, 3.8) is 0 Å². The zero-order valence-corrected chi connectivity index (χ0v) is 16.2. The molecule has 4 N–H and O–H groups in total. The molecular weight excluding hydrogens is 415 g/mol. The number of aryl methyl sites for hydroxylation is 1. The number of hydrogen-bond donors (Lipinski definition) is 3. The Morgan fingerprint density at radius 3 is 2.46 bits per heavy atom. The highest BCUT2D eigenvalue weighted by atomic mass is 127. The van der Waals surface area contributed by atoms with Crippen LogP contribution in [0.2, 0.25) is 0 Å². The maximum atomic E-state index is 11.2. The second-order valence-corrected chi connectivity index (χ2v) is 5.27. The van der Waals surface area contributed by atoms with Crippen molar-refractivity contribution in [2.24, 2.45) is 10.7 Å². The van der Waals surface area contributed by atoms with Gasteiger partial charge in [0.25, 0.3) is 0 Å². The highest BCUT2D eigenvalue weighted by molar-refractivity contribution is 14.0. The maximum Gasteiger partial charge on any atom is 0.248 e. The number of aliphatic imine (C=N–C) groups is 1. The van der Waals surface area contributed by atoms with E-state index in [9.17, 15) is 4.79 Å². The lowest BCUT2D eigenvalue weighted by molar-refractivity contribution is 0.1000. The van der Waals surface area contributed by atoms with Crippen molar-refractivity contribution in [2.45, 2.75) is 20.0 Å². The van der Waals surface area contributed by atoms with Crippen molar-refractivity contribution >= 4 is 35.8 Å². The molecule has 0 saturated heterocycles. The van der Waals surface area contributed by atoms with E-state index in [1.54, 1.807) is 19.2 Å². The SMILES string of the molecule is CN=C(NCc1cccc(C(N)=O)c1)NCc1ccccc1C.I. The van der Waals surface area contributed by atoms with Crippen LogP contribution in [-0.2, 0) is 13.1 Å². The molecule has 2 rings (SSSR count). The van der Waals surface area contributed by atoms with Crippen molar-refractivity contribution in [1.29, 1.82) is 0 Å². The molecule has 1 amide bonds. The van der Waals surface area contributed by atoms with Gasteiger partial charge >= 0.3 is 0 Å². The zero-order chi connectivity index (χ0) is 16.7.